The monoisotopic (exact) mass is 302 g/mol. The molecule has 1 saturated carbocycles. The fraction of sp³-hybridized carbons (Fsp3) is 0.529. The van der Waals surface area contributed by atoms with Gasteiger partial charge in [0.2, 0.25) is 5.91 Å². The minimum Gasteiger partial charge on any atom is -0.337 e. The lowest BCUT2D eigenvalue weighted by atomic mass is 9.83. The van der Waals surface area contributed by atoms with E-state index in [1.165, 1.54) is 11.1 Å². The maximum atomic E-state index is 12.2. The van der Waals surface area contributed by atoms with Crippen LogP contribution in [0, 0.1) is 25.2 Å². The lowest BCUT2D eigenvalue weighted by Crippen LogP contribution is -2.49. The van der Waals surface area contributed by atoms with Gasteiger partial charge in [-0.15, -0.1) is 11.8 Å². The lowest BCUT2D eigenvalue weighted by Gasteiger charge is -2.31. The summed E-state index contributed by atoms with van der Waals surface area (Å²) in [6.07, 6.45) is 4.78. The highest BCUT2D eigenvalue weighted by Crippen LogP contribution is 2.28. The van der Waals surface area contributed by atoms with E-state index in [0.29, 0.717) is 5.75 Å². The number of rotatable bonds is 4. The van der Waals surface area contributed by atoms with Gasteiger partial charge >= 0.3 is 0 Å². The molecule has 0 heterocycles. The van der Waals surface area contributed by atoms with Crippen molar-refractivity contribution in [3.8, 4) is 6.07 Å². The van der Waals surface area contributed by atoms with Crippen LogP contribution in [0.15, 0.2) is 23.1 Å². The van der Waals surface area contributed by atoms with Gasteiger partial charge in [-0.2, -0.15) is 5.26 Å². The second kappa shape index (κ2) is 7.00. The van der Waals surface area contributed by atoms with E-state index in [9.17, 15) is 10.1 Å². The van der Waals surface area contributed by atoms with E-state index in [1.807, 2.05) is 0 Å². The molecule has 1 aromatic carbocycles. The minimum absolute atomic E-state index is 0.0376. The first-order chi connectivity index (χ1) is 10.0. The first-order valence-electron chi connectivity index (χ1n) is 7.47. The van der Waals surface area contributed by atoms with E-state index in [-0.39, 0.29) is 5.91 Å². The Kier molecular flexibility index (Phi) is 5.30. The van der Waals surface area contributed by atoms with Gasteiger partial charge in [0, 0.05) is 4.90 Å². The van der Waals surface area contributed by atoms with Crippen molar-refractivity contribution in [1.29, 1.82) is 5.26 Å². The number of nitrogens with zero attached hydrogens (tertiary/aromatic N) is 1. The molecule has 112 valence electrons. The van der Waals surface area contributed by atoms with Crippen LogP contribution in [0.2, 0.25) is 0 Å². The molecule has 1 aromatic rings. The highest BCUT2D eigenvalue weighted by molar-refractivity contribution is 8.00. The van der Waals surface area contributed by atoms with Gasteiger partial charge in [0.25, 0.3) is 0 Å². The van der Waals surface area contributed by atoms with Gasteiger partial charge in [0.15, 0.2) is 0 Å². The number of nitrogens with one attached hydrogen (secondary N) is 1. The summed E-state index contributed by atoms with van der Waals surface area (Å²) in [5.74, 6) is 0.331. The molecule has 0 bridgehead atoms. The van der Waals surface area contributed by atoms with Gasteiger partial charge in [-0.25, -0.2) is 0 Å². The number of thioether (sulfide) groups is 1. The fourth-order valence-corrected chi connectivity index (χ4v) is 3.65. The molecule has 1 aliphatic rings. The van der Waals surface area contributed by atoms with Crippen molar-refractivity contribution in [2.45, 2.75) is 56.4 Å². The van der Waals surface area contributed by atoms with Crippen molar-refractivity contribution in [3.63, 3.8) is 0 Å². The third-order valence-corrected chi connectivity index (χ3v) is 5.16. The maximum Gasteiger partial charge on any atom is 0.231 e. The van der Waals surface area contributed by atoms with Gasteiger partial charge in [0.05, 0.1) is 11.8 Å². The third kappa shape index (κ3) is 4.25. The molecule has 3 nitrogen and oxygen atoms in total. The van der Waals surface area contributed by atoms with Crippen molar-refractivity contribution in [2.75, 3.05) is 5.75 Å². The van der Waals surface area contributed by atoms with Gasteiger partial charge in [0.1, 0.15) is 5.54 Å². The molecule has 4 heteroatoms. The van der Waals surface area contributed by atoms with Crippen LogP contribution < -0.4 is 5.32 Å². The summed E-state index contributed by atoms with van der Waals surface area (Å²) in [6, 6.07) is 8.58. The molecule has 0 spiro atoms. The van der Waals surface area contributed by atoms with Crippen molar-refractivity contribution in [1.82, 2.24) is 5.32 Å². The van der Waals surface area contributed by atoms with E-state index in [1.54, 1.807) is 11.8 Å². The van der Waals surface area contributed by atoms with Crippen molar-refractivity contribution < 1.29 is 4.79 Å². The van der Waals surface area contributed by atoms with E-state index in [0.717, 1.165) is 37.0 Å². The topological polar surface area (TPSA) is 52.9 Å². The number of carbonyl (C=O) groups excluding carboxylic acids is 1. The summed E-state index contributed by atoms with van der Waals surface area (Å²) < 4.78 is 0. The zero-order valence-electron chi connectivity index (χ0n) is 12.7. The summed E-state index contributed by atoms with van der Waals surface area (Å²) >= 11 is 1.55. The molecule has 0 aliphatic heterocycles. The Morgan fingerprint density at radius 1 is 1.33 bits per heavy atom. The molecule has 21 heavy (non-hydrogen) atoms. The van der Waals surface area contributed by atoms with Crippen LogP contribution in [0.5, 0.6) is 0 Å². The summed E-state index contributed by atoms with van der Waals surface area (Å²) in [4.78, 5) is 13.3. The molecule has 1 fully saturated rings. The standard InChI is InChI=1S/C17H22N2OS/c1-13-6-7-14(2)15(10-13)21-11-16(20)19-17(12-18)8-4-3-5-9-17/h6-7,10H,3-5,8-9,11H2,1-2H3,(H,19,20). The molecular weight excluding hydrogens is 280 g/mol. The predicted octanol–water partition coefficient (Wildman–Crippen LogP) is 3.74. The fourth-order valence-electron chi connectivity index (χ4n) is 2.73. The first kappa shape index (κ1) is 15.9. The summed E-state index contributed by atoms with van der Waals surface area (Å²) in [7, 11) is 0. The zero-order valence-corrected chi connectivity index (χ0v) is 13.6. The van der Waals surface area contributed by atoms with Crippen LogP contribution in [0.3, 0.4) is 0 Å². The Bertz CT molecular complexity index is 556. The van der Waals surface area contributed by atoms with Gasteiger partial charge in [-0.1, -0.05) is 37.0 Å². The molecule has 1 amide bonds. The van der Waals surface area contributed by atoms with Gasteiger partial charge in [-0.05, 0) is 38.3 Å². The van der Waals surface area contributed by atoms with Crippen molar-refractivity contribution in [2.24, 2.45) is 0 Å². The van der Waals surface area contributed by atoms with E-state index >= 15 is 0 Å². The predicted molar refractivity (Wildman–Crippen MR) is 86.2 cm³/mol. The number of benzene rings is 1. The zero-order chi connectivity index (χ0) is 15.3. The molecular formula is C17H22N2OS. The third-order valence-electron chi connectivity index (χ3n) is 4.00. The number of carbonyl (C=O) groups is 1. The number of aryl methyl sites for hydroxylation is 2. The number of nitriles is 1. The minimum atomic E-state index is -0.627. The van der Waals surface area contributed by atoms with Gasteiger partial charge in [-0.3, -0.25) is 4.79 Å². The van der Waals surface area contributed by atoms with Crippen LogP contribution in [-0.2, 0) is 4.79 Å². The number of hydrogen-bond acceptors (Lipinski definition) is 3. The molecule has 0 aromatic heterocycles. The van der Waals surface area contributed by atoms with E-state index in [2.05, 4.69) is 43.4 Å². The average molecular weight is 302 g/mol. The molecule has 2 rings (SSSR count). The highest BCUT2D eigenvalue weighted by Gasteiger charge is 2.33. The largest absolute Gasteiger partial charge is 0.337 e. The van der Waals surface area contributed by atoms with Crippen LogP contribution >= 0.6 is 11.8 Å². The van der Waals surface area contributed by atoms with Crippen molar-refractivity contribution >= 4 is 17.7 Å². The summed E-state index contributed by atoms with van der Waals surface area (Å²) in [6.45, 7) is 4.11. The normalized spacial score (nSPS) is 17.0. The molecule has 1 aliphatic carbocycles. The van der Waals surface area contributed by atoms with E-state index in [4.69, 9.17) is 0 Å². The Morgan fingerprint density at radius 2 is 2.05 bits per heavy atom. The summed E-state index contributed by atoms with van der Waals surface area (Å²) in [5, 5.41) is 12.4. The Hall–Kier alpha value is -1.47. The van der Waals surface area contributed by atoms with Crippen LogP contribution in [0.25, 0.3) is 0 Å². The first-order valence-corrected chi connectivity index (χ1v) is 8.45. The summed E-state index contributed by atoms with van der Waals surface area (Å²) in [5.41, 5.74) is 1.76. The SMILES string of the molecule is Cc1ccc(C)c(SCC(=O)NC2(C#N)CCCCC2)c1. The molecule has 0 unspecified atom stereocenters. The van der Waals surface area contributed by atoms with E-state index < -0.39 is 5.54 Å². The molecule has 0 atom stereocenters. The van der Waals surface area contributed by atoms with Crippen LogP contribution in [0.4, 0.5) is 0 Å². The Balaban J connectivity index is 1.93. The van der Waals surface area contributed by atoms with Gasteiger partial charge < -0.3 is 5.32 Å². The van der Waals surface area contributed by atoms with Crippen LogP contribution in [-0.4, -0.2) is 17.2 Å². The second-order valence-electron chi connectivity index (χ2n) is 5.86. The second-order valence-corrected chi connectivity index (χ2v) is 6.88. The smallest absolute Gasteiger partial charge is 0.231 e. The Morgan fingerprint density at radius 3 is 2.71 bits per heavy atom. The number of amides is 1. The molecule has 1 N–H and O–H groups in total. The quantitative estimate of drug-likeness (QED) is 0.862. The highest BCUT2D eigenvalue weighted by atomic mass is 32.2. The van der Waals surface area contributed by atoms with Crippen molar-refractivity contribution in [3.05, 3.63) is 29.3 Å². The number of hydrogen-bond donors (Lipinski definition) is 1. The molecule has 0 radical (unpaired) electrons. The van der Waals surface area contributed by atoms with Crippen LogP contribution in [0.1, 0.15) is 43.2 Å². The average Bonchev–Trinajstić information content (AvgIpc) is 2.49. The maximum absolute atomic E-state index is 12.2. The Labute approximate surface area is 131 Å². The molecule has 0 saturated heterocycles. The lowest BCUT2D eigenvalue weighted by molar-refractivity contribution is -0.120.